The number of thiophene rings is 1. The Balaban J connectivity index is 2.79. The second-order valence-corrected chi connectivity index (χ2v) is 5.00. The van der Waals surface area contributed by atoms with Gasteiger partial charge in [-0.15, -0.1) is 11.3 Å². The number of hydrogen-bond acceptors (Lipinski definition) is 3. The molecule has 1 heterocycles. The maximum Gasteiger partial charge on any atom is 0.104 e. The average molecular weight is 246 g/mol. The lowest BCUT2D eigenvalue weighted by molar-refractivity contribution is 0.146. The predicted octanol–water partition coefficient (Wildman–Crippen LogP) is 2.70. The lowest BCUT2D eigenvalue weighted by atomic mass is 10.1. The Kier molecular flexibility index (Phi) is 3.27. The van der Waals surface area contributed by atoms with Crippen LogP contribution in [0.2, 0.25) is 0 Å². The minimum absolute atomic E-state index is 0.351. The van der Waals surface area contributed by atoms with Gasteiger partial charge >= 0.3 is 0 Å². The van der Waals surface area contributed by atoms with Gasteiger partial charge in [-0.05, 0) is 35.0 Å². The molecule has 2 nitrogen and oxygen atoms in total. The topological polar surface area (TPSA) is 44.0 Å². The van der Waals surface area contributed by atoms with Crippen LogP contribution in [-0.2, 0) is 0 Å². The van der Waals surface area contributed by atoms with E-state index in [4.69, 9.17) is 5.26 Å². The highest BCUT2D eigenvalue weighted by atomic mass is 79.9. The summed E-state index contributed by atoms with van der Waals surface area (Å²) in [5.74, 6) is -0.351. The maximum atomic E-state index is 9.57. The van der Waals surface area contributed by atoms with Gasteiger partial charge in [0.25, 0.3) is 0 Å². The first-order chi connectivity index (χ1) is 5.65. The number of nitriles is 1. The largest absolute Gasteiger partial charge is 0.386 e. The molecule has 1 rings (SSSR count). The molecule has 0 bridgehead atoms. The van der Waals surface area contributed by atoms with Gasteiger partial charge in [-0.25, -0.2) is 0 Å². The van der Waals surface area contributed by atoms with Gasteiger partial charge in [0, 0.05) is 4.88 Å². The highest BCUT2D eigenvalue weighted by Crippen LogP contribution is 2.30. The monoisotopic (exact) mass is 245 g/mol. The summed E-state index contributed by atoms with van der Waals surface area (Å²) in [6, 6.07) is 5.71. The molecule has 0 saturated carbocycles. The smallest absolute Gasteiger partial charge is 0.104 e. The van der Waals surface area contributed by atoms with Crippen molar-refractivity contribution in [3.05, 3.63) is 20.8 Å². The van der Waals surface area contributed by atoms with Crippen LogP contribution in [0.25, 0.3) is 0 Å². The number of hydrogen-bond donors (Lipinski definition) is 1. The zero-order valence-corrected chi connectivity index (χ0v) is 8.89. The van der Waals surface area contributed by atoms with Crippen LogP contribution in [-0.4, -0.2) is 5.11 Å². The van der Waals surface area contributed by atoms with Gasteiger partial charge in [0.2, 0.25) is 0 Å². The molecule has 0 aliphatic carbocycles. The van der Waals surface area contributed by atoms with Crippen molar-refractivity contribution in [3.8, 4) is 6.07 Å². The van der Waals surface area contributed by atoms with E-state index in [2.05, 4.69) is 15.9 Å². The normalized spacial score (nSPS) is 15.2. The Morgan fingerprint density at radius 1 is 1.67 bits per heavy atom. The van der Waals surface area contributed by atoms with E-state index in [1.807, 2.05) is 18.2 Å². The molecule has 0 fully saturated rings. The molecule has 0 aromatic carbocycles. The first kappa shape index (κ1) is 9.72. The standard InChI is InChI=1S/C8H8BrNOS/c1-5(4-10)8(11)6-2-3-7(9)12-6/h2-3,5,8,11H,1H3. The molecule has 64 valence electrons. The molecule has 4 heteroatoms. The molecule has 1 aromatic rings. The van der Waals surface area contributed by atoms with Crippen LogP contribution in [0.3, 0.4) is 0 Å². The zero-order valence-electron chi connectivity index (χ0n) is 6.49. The lowest BCUT2D eigenvalue weighted by Crippen LogP contribution is -2.04. The third-order valence-electron chi connectivity index (χ3n) is 1.56. The van der Waals surface area contributed by atoms with Crippen molar-refractivity contribution in [1.82, 2.24) is 0 Å². The Hall–Kier alpha value is -0.370. The molecule has 0 spiro atoms. The van der Waals surface area contributed by atoms with Crippen LogP contribution in [0.4, 0.5) is 0 Å². The van der Waals surface area contributed by atoms with E-state index in [0.29, 0.717) is 0 Å². The quantitative estimate of drug-likeness (QED) is 0.871. The van der Waals surface area contributed by atoms with Gasteiger partial charge in [0.05, 0.1) is 15.8 Å². The van der Waals surface area contributed by atoms with Gasteiger partial charge in [0.1, 0.15) is 6.10 Å². The van der Waals surface area contributed by atoms with Crippen molar-refractivity contribution >= 4 is 27.3 Å². The van der Waals surface area contributed by atoms with E-state index >= 15 is 0 Å². The highest BCUT2D eigenvalue weighted by molar-refractivity contribution is 9.11. The predicted molar refractivity (Wildman–Crippen MR) is 51.8 cm³/mol. The molecule has 0 amide bonds. The minimum atomic E-state index is -0.661. The van der Waals surface area contributed by atoms with E-state index in [0.717, 1.165) is 8.66 Å². The summed E-state index contributed by atoms with van der Waals surface area (Å²) in [5, 5.41) is 18.1. The zero-order chi connectivity index (χ0) is 9.14. The Morgan fingerprint density at radius 3 is 2.75 bits per heavy atom. The fourth-order valence-electron chi connectivity index (χ4n) is 0.804. The molecular formula is C8H8BrNOS. The first-order valence-corrected chi connectivity index (χ1v) is 5.09. The maximum absolute atomic E-state index is 9.57. The molecule has 12 heavy (non-hydrogen) atoms. The summed E-state index contributed by atoms with van der Waals surface area (Å²) in [6.07, 6.45) is -0.661. The van der Waals surface area contributed by atoms with Crippen LogP contribution in [0.1, 0.15) is 17.9 Å². The summed E-state index contributed by atoms with van der Waals surface area (Å²) < 4.78 is 0.974. The van der Waals surface area contributed by atoms with E-state index in [1.54, 1.807) is 6.92 Å². The van der Waals surface area contributed by atoms with Crippen molar-refractivity contribution in [2.24, 2.45) is 5.92 Å². The molecule has 0 aliphatic heterocycles. The van der Waals surface area contributed by atoms with Crippen molar-refractivity contribution < 1.29 is 5.11 Å². The van der Waals surface area contributed by atoms with Gasteiger partial charge in [-0.3, -0.25) is 0 Å². The van der Waals surface area contributed by atoms with Crippen LogP contribution in [0, 0.1) is 17.2 Å². The number of rotatable bonds is 2. The third-order valence-corrected chi connectivity index (χ3v) is 3.26. The second-order valence-electron chi connectivity index (χ2n) is 2.50. The molecule has 0 saturated heterocycles. The van der Waals surface area contributed by atoms with Crippen LogP contribution < -0.4 is 0 Å². The number of aliphatic hydroxyl groups excluding tert-OH is 1. The van der Waals surface area contributed by atoms with Crippen molar-refractivity contribution in [3.63, 3.8) is 0 Å². The summed E-state index contributed by atoms with van der Waals surface area (Å²) in [5.41, 5.74) is 0. The molecule has 0 aliphatic rings. The van der Waals surface area contributed by atoms with Crippen molar-refractivity contribution in [2.45, 2.75) is 13.0 Å². The molecule has 0 radical (unpaired) electrons. The fraction of sp³-hybridized carbons (Fsp3) is 0.375. The molecule has 2 atom stereocenters. The molecule has 1 N–H and O–H groups in total. The SMILES string of the molecule is CC(C#N)C(O)c1ccc(Br)s1. The summed E-state index contributed by atoms with van der Waals surface area (Å²) >= 11 is 4.75. The summed E-state index contributed by atoms with van der Waals surface area (Å²) in [6.45, 7) is 1.71. The van der Waals surface area contributed by atoms with Crippen molar-refractivity contribution in [1.29, 1.82) is 5.26 Å². The average Bonchev–Trinajstić information content (AvgIpc) is 2.49. The van der Waals surface area contributed by atoms with Gasteiger partial charge in [-0.2, -0.15) is 5.26 Å². The second kappa shape index (κ2) is 4.04. The summed E-state index contributed by atoms with van der Waals surface area (Å²) in [7, 11) is 0. The summed E-state index contributed by atoms with van der Waals surface area (Å²) in [4.78, 5) is 0.830. The van der Waals surface area contributed by atoms with Gasteiger partial charge in [-0.1, -0.05) is 0 Å². The molecule has 2 unspecified atom stereocenters. The van der Waals surface area contributed by atoms with Crippen LogP contribution >= 0.6 is 27.3 Å². The van der Waals surface area contributed by atoms with E-state index < -0.39 is 6.10 Å². The van der Waals surface area contributed by atoms with E-state index in [9.17, 15) is 5.11 Å². The molecule has 1 aromatic heterocycles. The number of aliphatic hydroxyl groups is 1. The molecular weight excluding hydrogens is 238 g/mol. The Labute approximate surface area is 83.6 Å². The van der Waals surface area contributed by atoms with E-state index in [1.165, 1.54) is 11.3 Å². The lowest BCUT2D eigenvalue weighted by Gasteiger charge is -2.08. The van der Waals surface area contributed by atoms with E-state index in [-0.39, 0.29) is 5.92 Å². The minimum Gasteiger partial charge on any atom is -0.386 e. The van der Waals surface area contributed by atoms with Crippen LogP contribution in [0.5, 0.6) is 0 Å². The Bertz CT molecular complexity index is 304. The third kappa shape index (κ3) is 2.07. The van der Waals surface area contributed by atoms with Gasteiger partial charge < -0.3 is 5.11 Å². The van der Waals surface area contributed by atoms with Crippen molar-refractivity contribution in [2.75, 3.05) is 0 Å². The van der Waals surface area contributed by atoms with Crippen LogP contribution in [0.15, 0.2) is 15.9 Å². The number of nitrogens with zero attached hydrogens (tertiary/aromatic N) is 1. The fourth-order valence-corrected chi connectivity index (χ4v) is 2.32. The Morgan fingerprint density at radius 2 is 2.33 bits per heavy atom. The number of halogens is 1. The highest BCUT2D eigenvalue weighted by Gasteiger charge is 2.16. The first-order valence-electron chi connectivity index (χ1n) is 3.48. The van der Waals surface area contributed by atoms with Gasteiger partial charge in [0.15, 0.2) is 0 Å².